The zero-order valence-corrected chi connectivity index (χ0v) is 19.0. The number of carbonyl (C=O) groups is 2. The van der Waals surface area contributed by atoms with E-state index in [4.69, 9.17) is 33.3 Å². The number of nitrogens with zero attached hydrogens (tertiary/aromatic N) is 2. The van der Waals surface area contributed by atoms with Gasteiger partial charge in [0.1, 0.15) is 12.2 Å². The first-order valence-corrected chi connectivity index (χ1v) is 10.1. The van der Waals surface area contributed by atoms with Crippen LogP contribution in [0.1, 0.15) is 5.56 Å². The lowest BCUT2D eigenvalue weighted by Gasteiger charge is -2.19. The molecule has 10 heteroatoms. The molecule has 2 aromatic carbocycles. The van der Waals surface area contributed by atoms with Gasteiger partial charge in [-0.15, -0.1) is 0 Å². The van der Waals surface area contributed by atoms with E-state index in [0.29, 0.717) is 20.7 Å². The predicted molar refractivity (Wildman–Crippen MR) is 121 cm³/mol. The third kappa shape index (κ3) is 4.28. The van der Waals surface area contributed by atoms with Crippen molar-refractivity contribution in [2.24, 2.45) is 0 Å². The molecule has 1 fully saturated rings. The number of phenolic OH excluding ortho intramolecular Hbond substituents is 1. The Morgan fingerprint density at radius 1 is 1.27 bits per heavy atom. The maximum atomic E-state index is 13.3. The SMILES string of the molecule is COC(=O)CN1C(=S)N(c2ccc(Cl)cc2)C(=O)/C1=C/c1cc(OC)c(O)cc1Br. The Balaban J connectivity index is 2.11. The van der Waals surface area contributed by atoms with E-state index in [1.165, 1.54) is 30.1 Å². The second-order valence-corrected chi connectivity index (χ2v) is 7.79. The molecular formula is C20H16BrClN2O5S. The van der Waals surface area contributed by atoms with Crippen LogP contribution >= 0.6 is 39.7 Å². The van der Waals surface area contributed by atoms with E-state index in [-0.39, 0.29) is 28.9 Å². The van der Waals surface area contributed by atoms with E-state index >= 15 is 0 Å². The van der Waals surface area contributed by atoms with Gasteiger partial charge in [0.25, 0.3) is 5.91 Å². The zero-order valence-electron chi connectivity index (χ0n) is 15.9. The summed E-state index contributed by atoms with van der Waals surface area (Å²) < 4.78 is 10.4. The number of phenols is 1. The summed E-state index contributed by atoms with van der Waals surface area (Å²) in [6.07, 6.45) is 1.56. The van der Waals surface area contributed by atoms with Gasteiger partial charge in [0.05, 0.1) is 19.9 Å². The normalized spacial score (nSPS) is 15.1. The Kier molecular flexibility index (Phi) is 6.64. The van der Waals surface area contributed by atoms with Crippen LogP contribution in [0.2, 0.25) is 5.02 Å². The molecule has 1 aliphatic heterocycles. The largest absolute Gasteiger partial charge is 0.504 e. The van der Waals surface area contributed by atoms with Crippen molar-refractivity contribution in [2.45, 2.75) is 0 Å². The van der Waals surface area contributed by atoms with Crippen molar-refractivity contribution >= 4 is 68.5 Å². The van der Waals surface area contributed by atoms with Gasteiger partial charge in [-0.25, -0.2) is 0 Å². The number of methoxy groups -OCH3 is 2. The quantitative estimate of drug-likeness (QED) is 0.370. The lowest BCUT2D eigenvalue weighted by Crippen LogP contribution is -2.35. The van der Waals surface area contributed by atoms with Gasteiger partial charge in [-0.1, -0.05) is 27.5 Å². The lowest BCUT2D eigenvalue weighted by atomic mass is 10.1. The second-order valence-electron chi connectivity index (χ2n) is 6.14. The van der Waals surface area contributed by atoms with Crippen molar-refractivity contribution in [3.63, 3.8) is 0 Å². The number of halogens is 2. The van der Waals surface area contributed by atoms with Gasteiger partial charge in [-0.2, -0.15) is 0 Å². The molecule has 1 heterocycles. The number of ether oxygens (including phenoxy) is 2. The van der Waals surface area contributed by atoms with Crippen molar-refractivity contribution in [3.8, 4) is 11.5 Å². The molecule has 3 rings (SSSR count). The molecule has 0 atom stereocenters. The molecular weight excluding hydrogens is 496 g/mol. The highest BCUT2D eigenvalue weighted by molar-refractivity contribution is 9.10. The van der Waals surface area contributed by atoms with Gasteiger partial charge in [0, 0.05) is 9.50 Å². The molecule has 156 valence electrons. The van der Waals surface area contributed by atoms with Crippen LogP contribution in [-0.2, 0) is 14.3 Å². The van der Waals surface area contributed by atoms with E-state index in [1.807, 2.05) is 0 Å². The van der Waals surface area contributed by atoms with Crippen molar-refractivity contribution in [3.05, 3.63) is 57.2 Å². The number of amides is 1. The van der Waals surface area contributed by atoms with Crippen LogP contribution in [0.3, 0.4) is 0 Å². The number of anilines is 1. The summed E-state index contributed by atoms with van der Waals surface area (Å²) in [7, 11) is 2.67. The van der Waals surface area contributed by atoms with Gasteiger partial charge in [0.15, 0.2) is 16.6 Å². The molecule has 1 saturated heterocycles. The number of carbonyl (C=O) groups excluding carboxylic acids is 2. The molecule has 0 spiro atoms. The van der Waals surface area contributed by atoms with E-state index in [2.05, 4.69) is 15.9 Å². The monoisotopic (exact) mass is 510 g/mol. The van der Waals surface area contributed by atoms with Crippen LogP contribution in [0.4, 0.5) is 5.69 Å². The third-order valence-electron chi connectivity index (χ3n) is 4.33. The van der Waals surface area contributed by atoms with E-state index in [9.17, 15) is 14.7 Å². The Morgan fingerprint density at radius 3 is 2.53 bits per heavy atom. The van der Waals surface area contributed by atoms with Crippen LogP contribution in [0.15, 0.2) is 46.6 Å². The first kappa shape index (κ1) is 22.1. The molecule has 0 bridgehead atoms. The number of esters is 1. The van der Waals surface area contributed by atoms with Gasteiger partial charge >= 0.3 is 5.97 Å². The minimum Gasteiger partial charge on any atom is -0.504 e. The highest BCUT2D eigenvalue weighted by Crippen LogP contribution is 2.36. The third-order valence-corrected chi connectivity index (χ3v) is 5.67. The predicted octanol–water partition coefficient (Wildman–Crippen LogP) is 3.96. The Bertz CT molecular complexity index is 1060. The van der Waals surface area contributed by atoms with Crippen LogP contribution in [0, 0.1) is 0 Å². The number of aromatic hydroxyl groups is 1. The topological polar surface area (TPSA) is 79.3 Å². The fraction of sp³-hybridized carbons (Fsp3) is 0.150. The second kappa shape index (κ2) is 9.03. The summed E-state index contributed by atoms with van der Waals surface area (Å²) in [5.74, 6) is -0.817. The van der Waals surface area contributed by atoms with Gasteiger partial charge in [-0.3, -0.25) is 14.5 Å². The van der Waals surface area contributed by atoms with Crippen LogP contribution in [-0.4, -0.2) is 47.8 Å². The molecule has 7 nitrogen and oxygen atoms in total. The standard InChI is InChI=1S/C20H16BrClN2O5S/c1-28-17-8-11(14(21)9-16(17)25)7-15-19(27)24(13-5-3-12(22)4-6-13)20(30)23(15)10-18(26)29-2/h3-9,25H,10H2,1-2H3/b15-7-. The van der Waals surface area contributed by atoms with Crippen molar-refractivity contribution in [1.29, 1.82) is 0 Å². The molecule has 0 aliphatic carbocycles. The molecule has 0 radical (unpaired) electrons. The molecule has 0 unspecified atom stereocenters. The Hall–Kier alpha value is -2.62. The summed E-state index contributed by atoms with van der Waals surface area (Å²) in [4.78, 5) is 27.9. The van der Waals surface area contributed by atoms with Crippen LogP contribution in [0.5, 0.6) is 11.5 Å². The fourth-order valence-electron chi connectivity index (χ4n) is 2.82. The smallest absolute Gasteiger partial charge is 0.325 e. The number of thiocarbonyl (C=S) groups is 1. The van der Waals surface area contributed by atoms with Gasteiger partial charge in [0.2, 0.25) is 0 Å². The molecule has 1 N–H and O–H groups in total. The molecule has 0 saturated carbocycles. The summed E-state index contributed by atoms with van der Waals surface area (Å²) in [6, 6.07) is 9.60. The first-order valence-electron chi connectivity index (χ1n) is 8.53. The summed E-state index contributed by atoms with van der Waals surface area (Å²) >= 11 is 14.8. The van der Waals surface area contributed by atoms with Crippen LogP contribution < -0.4 is 9.64 Å². The molecule has 30 heavy (non-hydrogen) atoms. The highest BCUT2D eigenvalue weighted by atomic mass is 79.9. The minimum absolute atomic E-state index is 0.0611. The lowest BCUT2D eigenvalue weighted by molar-refractivity contribution is -0.140. The maximum Gasteiger partial charge on any atom is 0.325 e. The van der Waals surface area contributed by atoms with Gasteiger partial charge in [-0.05, 0) is 60.3 Å². The average Bonchev–Trinajstić information content (AvgIpc) is 2.94. The number of hydrogen-bond donors (Lipinski definition) is 1. The molecule has 1 amide bonds. The summed E-state index contributed by atoms with van der Waals surface area (Å²) in [6.45, 7) is -0.246. The number of benzene rings is 2. The number of rotatable bonds is 5. The highest BCUT2D eigenvalue weighted by Gasteiger charge is 2.40. The average molecular weight is 512 g/mol. The maximum absolute atomic E-state index is 13.3. The minimum atomic E-state index is -0.559. The van der Waals surface area contributed by atoms with Crippen molar-refractivity contribution in [2.75, 3.05) is 25.7 Å². The molecule has 2 aromatic rings. The van der Waals surface area contributed by atoms with Crippen LogP contribution in [0.25, 0.3) is 6.08 Å². The summed E-state index contributed by atoms with van der Waals surface area (Å²) in [5, 5.41) is 10.6. The van der Waals surface area contributed by atoms with E-state index < -0.39 is 11.9 Å². The molecule has 1 aliphatic rings. The van der Waals surface area contributed by atoms with E-state index in [0.717, 1.165) is 0 Å². The van der Waals surface area contributed by atoms with Crippen molar-refractivity contribution in [1.82, 2.24) is 4.90 Å². The first-order chi connectivity index (χ1) is 14.3. The van der Waals surface area contributed by atoms with E-state index in [1.54, 1.807) is 36.4 Å². The Morgan fingerprint density at radius 2 is 1.93 bits per heavy atom. The van der Waals surface area contributed by atoms with Gasteiger partial charge < -0.3 is 19.5 Å². The zero-order chi connectivity index (χ0) is 22.0. The number of hydrogen-bond acceptors (Lipinski definition) is 6. The molecule has 0 aromatic heterocycles. The fourth-order valence-corrected chi connectivity index (χ4v) is 3.75. The Labute approximate surface area is 191 Å². The van der Waals surface area contributed by atoms with Crippen molar-refractivity contribution < 1.29 is 24.2 Å². The summed E-state index contributed by atoms with van der Waals surface area (Å²) in [5.41, 5.74) is 1.22.